The van der Waals surface area contributed by atoms with Gasteiger partial charge in [-0.1, -0.05) is 20.3 Å². The molecule has 8 heteroatoms. The second-order valence-electron chi connectivity index (χ2n) is 10.8. The number of rotatable bonds is 7. The summed E-state index contributed by atoms with van der Waals surface area (Å²) in [5, 5.41) is 10.4. The fourth-order valence-electron chi connectivity index (χ4n) is 5.19. The Morgan fingerprint density at radius 1 is 1.14 bits per heavy atom. The first-order valence-corrected chi connectivity index (χ1v) is 13.0. The molecular weight excluding hydrogens is 454 g/mol. The number of aromatic nitrogens is 2. The van der Waals surface area contributed by atoms with E-state index in [-0.39, 0.29) is 17.9 Å². The van der Waals surface area contributed by atoms with Crippen molar-refractivity contribution >= 4 is 17.4 Å². The van der Waals surface area contributed by atoms with Gasteiger partial charge in [-0.3, -0.25) is 19.6 Å². The quantitative estimate of drug-likeness (QED) is 0.611. The van der Waals surface area contributed by atoms with Crippen molar-refractivity contribution in [2.45, 2.75) is 65.3 Å². The molecule has 2 aliphatic heterocycles. The molecule has 0 radical (unpaired) electrons. The Kier molecular flexibility index (Phi) is 7.83. The summed E-state index contributed by atoms with van der Waals surface area (Å²) >= 11 is 0. The summed E-state index contributed by atoms with van der Waals surface area (Å²) in [6, 6.07) is 7.24. The Morgan fingerprint density at radius 3 is 2.50 bits per heavy atom. The molecule has 36 heavy (non-hydrogen) atoms. The van der Waals surface area contributed by atoms with Gasteiger partial charge in [0, 0.05) is 47.6 Å². The summed E-state index contributed by atoms with van der Waals surface area (Å²) in [5.41, 5.74) is 2.99. The first-order valence-electron chi connectivity index (χ1n) is 13.0. The highest BCUT2D eigenvalue weighted by Gasteiger charge is 2.37. The van der Waals surface area contributed by atoms with E-state index in [0.717, 1.165) is 36.6 Å². The van der Waals surface area contributed by atoms with E-state index < -0.39 is 5.41 Å². The summed E-state index contributed by atoms with van der Waals surface area (Å²) in [4.78, 5) is 30.8. The van der Waals surface area contributed by atoms with Gasteiger partial charge in [0.05, 0.1) is 5.57 Å². The zero-order chi connectivity index (χ0) is 25.9. The highest BCUT2D eigenvalue weighted by Crippen LogP contribution is 2.36. The van der Waals surface area contributed by atoms with Crippen molar-refractivity contribution in [1.29, 1.82) is 0 Å². The van der Waals surface area contributed by atoms with Gasteiger partial charge < -0.3 is 15.0 Å². The van der Waals surface area contributed by atoms with Crippen LogP contribution in [-0.4, -0.2) is 70.6 Å². The predicted molar refractivity (Wildman–Crippen MR) is 141 cm³/mol. The number of nitrogens with zero attached hydrogens (tertiary/aromatic N) is 3. The maximum Gasteiger partial charge on any atom is 0.257 e. The number of ether oxygens (including phenoxy) is 1. The molecule has 2 aliphatic rings. The molecule has 0 spiro atoms. The minimum Gasteiger partial charge on any atom is -0.492 e. The SMILES string of the molecule is Cc1[nH]nc2c1C(C)(C)CN(C(=O)c1ccc(OCCN3CCCCC3)cc1)C=C2C(=O)NC(C)C. The van der Waals surface area contributed by atoms with Crippen LogP contribution in [-0.2, 0) is 10.2 Å². The smallest absolute Gasteiger partial charge is 0.257 e. The molecule has 4 rings (SSSR count). The molecule has 1 saturated heterocycles. The molecule has 0 bridgehead atoms. The van der Waals surface area contributed by atoms with E-state index in [0.29, 0.717) is 30.0 Å². The van der Waals surface area contributed by atoms with Crippen LogP contribution in [0.1, 0.15) is 74.3 Å². The number of H-pyrrole nitrogens is 1. The fraction of sp³-hybridized carbons (Fsp3) is 0.536. The van der Waals surface area contributed by atoms with Crippen LogP contribution >= 0.6 is 0 Å². The second-order valence-corrected chi connectivity index (χ2v) is 10.8. The van der Waals surface area contributed by atoms with Gasteiger partial charge in [-0.25, -0.2) is 0 Å². The van der Waals surface area contributed by atoms with Crippen LogP contribution in [0, 0.1) is 6.92 Å². The third-order valence-electron chi connectivity index (χ3n) is 6.88. The van der Waals surface area contributed by atoms with Crippen LogP contribution in [0.15, 0.2) is 30.5 Å². The first kappa shape index (κ1) is 25.9. The van der Waals surface area contributed by atoms with Crippen molar-refractivity contribution in [1.82, 2.24) is 25.3 Å². The number of likely N-dealkylation sites (tertiary alicyclic amines) is 1. The van der Waals surface area contributed by atoms with E-state index in [2.05, 4.69) is 34.3 Å². The van der Waals surface area contributed by atoms with Crippen LogP contribution in [0.4, 0.5) is 0 Å². The van der Waals surface area contributed by atoms with E-state index in [1.807, 2.05) is 32.9 Å². The average molecular weight is 494 g/mol. The maximum atomic E-state index is 13.6. The lowest BCUT2D eigenvalue weighted by Gasteiger charge is -2.29. The number of carbonyl (C=O) groups is 2. The van der Waals surface area contributed by atoms with Crippen LogP contribution in [0.3, 0.4) is 0 Å². The van der Waals surface area contributed by atoms with Crippen LogP contribution in [0.25, 0.3) is 5.57 Å². The number of hydrogen-bond acceptors (Lipinski definition) is 5. The fourth-order valence-corrected chi connectivity index (χ4v) is 5.19. The standard InChI is InChI=1S/C28H39N5O3/c1-19(2)29-26(34)23-17-33(18-28(4,5)24-20(3)30-31-25(23)24)27(35)21-9-11-22(12-10-21)36-16-15-32-13-7-6-8-14-32/h9-12,17,19H,6-8,13-16,18H2,1-5H3,(H,29,34)(H,30,31). The van der Waals surface area contributed by atoms with Crippen molar-refractivity contribution in [2.75, 3.05) is 32.8 Å². The van der Waals surface area contributed by atoms with Crippen molar-refractivity contribution in [2.24, 2.45) is 0 Å². The number of aromatic amines is 1. The van der Waals surface area contributed by atoms with Crippen LogP contribution in [0.5, 0.6) is 5.75 Å². The summed E-state index contributed by atoms with van der Waals surface area (Å²) in [6.45, 7) is 14.2. The number of hydrogen-bond donors (Lipinski definition) is 2. The summed E-state index contributed by atoms with van der Waals surface area (Å²) < 4.78 is 5.93. The van der Waals surface area contributed by atoms with Crippen molar-refractivity contribution < 1.29 is 14.3 Å². The topological polar surface area (TPSA) is 90.6 Å². The molecule has 2 N–H and O–H groups in total. The van der Waals surface area contributed by atoms with Gasteiger partial charge in [-0.05, 0) is 71.0 Å². The molecule has 1 fully saturated rings. The number of amides is 2. The van der Waals surface area contributed by atoms with E-state index in [9.17, 15) is 9.59 Å². The molecule has 1 aromatic carbocycles. The lowest BCUT2D eigenvalue weighted by atomic mass is 9.82. The number of fused-ring (bicyclic) bond motifs is 1. The number of piperidine rings is 1. The average Bonchev–Trinajstić information content (AvgIpc) is 3.18. The highest BCUT2D eigenvalue weighted by molar-refractivity contribution is 6.20. The van der Waals surface area contributed by atoms with E-state index >= 15 is 0 Å². The second kappa shape index (κ2) is 10.9. The Labute approximate surface area is 214 Å². The normalized spacial score (nSPS) is 17.8. The van der Waals surface area contributed by atoms with Gasteiger partial charge in [0.2, 0.25) is 0 Å². The largest absolute Gasteiger partial charge is 0.492 e. The highest BCUT2D eigenvalue weighted by atomic mass is 16.5. The number of aryl methyl sites for hydroxylation is 1. The van der Waals surface area contributed by atoms with Crippen LogP contribution in [0.2, 0.25) is 0 Å². The first-order chi connectivity index (χ1) is 17.2. The molecule has 8 nitrogen and oxygen atoms in total. The van der Waals surface area contributed by atoms with Crippen molar-refractivity contribution in [3.05, 3.63) is 53.0 Å². The molecule has 2 aromatic rings. The molecular formula is C28H39N5O3. The number of benzene rings is 1. The third kappa shape index (κ3) is 5.81. The molecule has 2 amide bonds. The van der Waals surface area contributed by atoms with E-state index in [1.54, 1.807) is 23.2 Å². The lowest BCUT2D eigenvalue weighted by molar-refractivity contribution is -0.116. The third-order valence-corrected chi connectivity index (χ3v) is 6.88. The summed E-state index contributed by atoms with van der Waals surface area (Å²) in [7, 11) is 0. The van der Waals surface area contributed by atoms with Crippen molar-refractivity contribution in [3.63, 3.8) is 0 Å². The number of carbonyl (C=O) groups excluding carboxylic acids is 2. The lowest BCUT2D eigenvalue weighted by Crippen LogP contribution is -2.37. The van der Waals surface area contributed by atoms with E-state index in [4.69, 9.17) is 4.74 Å². The molecule has 0 saturated carbocycles. The Hall–Kier alpha value is -3.13. The van der Waals surface area contributed by atoms with Gasteiger partial charge in [0.25, 0.3) is 11.8 Å². The Morgan fingerprint density at radius 2 is 1.83 bits per heavy atom. The van der Waals surface area contributed by atoms with Gasteiger partial charge in [0.1, 0.15) is 18.1 Å². The summed E-state index contributed by atoms with van der Waals surface area (Å²) in [5.74, 6) is 0.346. The van der Waals surface area contributed by atoms with E-state index in [1.165, 1.54) is 19.3 Å². The monoisotopic (exact) mass is 493 g/mol. The molecule has 0 aliphatic carbocycles. The van der Waals surface area contributed by atoms with Gasteiger partial charge in [-0.15, -0.1) is 0 Å². The zero-order valence-electron chi connectivity index (χ0n) is 22.2. The van der Waals surface area contributed by atoms with Gasteiger partial charge in [0.15, 0.2) is 0 Å². The van der Waals surface area contributed by atoms with Gasteiger partial charge in [-0.2, -0.15) is 5.10 Å². The number of nitrogens with one attached hydrogen (secondary N) is 2. The minimum absolute atomic E-state index is 0.0373. The maximum absolute atomic E-state index is 13.6. The molecule has 0 atom stereocenters. The Bertz CT molecular complexity index is 1110. The summed E-state index contributed by atoms with van der Waals surface area (Å²) in [6.07, 6.45) is 5.50. The Balaban J connectivity index is 1.51. The van der Waals surface area contributed by atoms with Gasteiger partial charge >= 0.3 is 0 Å². The molecule has 1 aromatic heterocycles. The predicted octanol–water partition coefficient (Wildman–Crippen LogP) is 3.88. The molecule has 3 heterocycles. The minimum atomic E-state index is -0.407. The molecule has 194 valence electrons. The molecule has 0 unspecified atom stereocenters. The van der Waals surface area contributed by atoms with Crippen molar-refractivity contribution in [3.8, 4) is 5.75 Å². The zero-order valence-corrected chi connectivity index (χ0v) is 22.2. The van der Waals surface area contributed by atoms with Crippen LogP contribution < -0.4 is 10.1 Å².